The first-order valence-corrected chi connectivity index (χ1v) is 8.29. The summed E-state index contributed by atoms with van der Waals surface area (Å²) in [4.78, 5) is 25.1. The zero-order chi connectivity index (χ0) is 17.8. The Morgan fingerprint density at radius 3 is 2.32 bits per heavy atom. The lowest BCUT2D eigenvalue weighted by molar-refractivity contribution is 0.102. The number of carbonyl (C=O) groups is 1. The third-order valence-electron chi connectivity index (χ3n) is 3.60. The zero-order valence-electron chi connectivity index (χ0n) is 13.1. The van der Waals surface area contributed by atoms with Crippen LogP contribution >= 0.6 is 23.2 Å². The van der Waals surface area contributed by atoms with Gasteiger partial charge in [0.25, 0.3) is 11.5 Å². The van der Waals surface area contributed by atoms with Crippen molar-refractivity contribution in [2.75, 3.05) is 5.32 Å². The molecule has 0 unspecified atom stereocenters. The molecule has 0 aliphatic rings. The van der Waals surface area contributed by atoms with E-state index >= 15 is 0 Å². The lowest BCUT2D eigenvalue weighted by atomic mass is 10.2. The molecule has 3 aromatic rings. The molecule has 0 bridgehead atoms. The highest BCUT2D eigenvalue weighted by atomic mass is 35.5. The number of nitrogens with one attached hydrogen (secondary N) is 1. The van der Waals surface area contributed by atoms with Crippen LogP contribution in [-0.2, 0) is 6.54 Å². The summed E-state index contributed by atoms with van der Waals surface area (Å²) in [5, 5.41) is 3.62. The molecule has 25 heavy (non-hydrogen) atoms. The van der Waals surface area contributed by atoms with Crippen LogP contribution in [-0.4, -0.2) is 10.5 Å². The fourth-order valence-electron chi connectivity index (χ4n) is 2.39. The van der Waals surface area contributed by atoms with Gasteiger partial charge in [-0.25, -0.2) is 0 Å². The summed E-state index contributed by atoms with van der Waals surface area (Å²) in [5.74, 6) is -0.497. The van der Waals surface area contributed by atoms with E-state index in [9.17, 15) is 9.59 Å². The second kappa shape index (κ2) is 7.55. The number of nitrogens with zero attached hydrogens (tertiary/aromatic N) is 1. The highest BCUT2D eigenvalue weighted by Gasteiger charge is 2.14. The Kier molecular flexibility index (Phi) is 5.22. The maximum absolute atomic E-state index is 12.6. The Bertz CT molecular complexity index is 951. The van der Waals surface area contributed by atoms with E-state index < -0.39 is 11.5 Å². The van der Waals surface area contributed by atoms with Gasteiger partial charge in [0.05, 0.1) is 11.6 Å². The number of hydrogen-bond acceptors (Lipinski definition) is 2. The first-order valence-electron chi connectivity index (χ1n) is 7.54. The number of amides is 1. The number of aromatic nitrogens is 1. The summed E-state index contributed by atoms with van der Waals surface area (Å²) in [6, 6.07) is 17.4. The quantitative estimate of drug-likeness (QED) is 0.734. The van der Waals surface area contributed by atoms with Crippen LogP contribution in [0.5, 0.6) is 0 Å². The van der Waals surface area contributed by atoms with Crippen LogP contribution in [0.2, 0.25) is 10.0 Å². The van der Waals surface area contributed by atoms with E-state index in [-0.39, 0.29) is 5.56 Å². The minimum absolute atomic E-state index is 0.00897. The number of pyridine rings is 1. The summed E-state index contributed by atoms with van der Waals surface area (Å²) in [5.41, 5.74) is 1.07. The molecule has 0 spiro atoms. The second-order valence-corrected chi connectivity index (χ2v) is 6.32. The predicted molar refractivity (Wildman–Crippen MR) is 101 cm³/mol. The van der Waals surface area contributed by atoms with Gasteiger partial charge in [0.1, 0.15) is 5.56 Å². The number of carbonyl (C=O) groups excluding carboxylic acids is 1. The monoisotopic (exact) mass is 372 g/mol. The molecular weight excluding hydrogens is 359 g/mol. The maximum Gasteiger partial charge on any atom is 0.263 e. The minimum Gasteiger partial charge on any atom is -0.322 e. The number of para-hydroxylation sites is 1. The molecule has 126 valence electrons. The standard InChI is InChI=1S/C19H14Cl2N2O2/c20-14-8-6-13(7-9-14)11-23-12-15(21)10-17(19(23)25)18(24)22-16-4-2-1-3-5-16/h1-10,12H,11H2,(H,22,24). The van der Waals surface area contributed by atoms with Gasteiger partial charge in [-0.05, 0) is 35.9 Å². The Hall–Kier alpha value is -2.56. The van der Waals surface area contributed by atoms with Gasteiger partial charge in [-0.2, -0.15) is 0 Å². The number of anilines is 1. The molecule has 3 rings (SSSR count). The molecule has 0 fully saturated rings. The molecule has 0 radical (unpaired) electrons. The van der Waals surface area contributed by atoms with Crippen LogP contribution in [0.25, 0.3) is 0 Å². The third kappa shape index (κ3) is 4.29. The molecule has 4 nitrogen and oxygen atoms in total. The van der Waals surface area contributed by atoms with Gasteiger partial charge < -0.3 is 9.88 Å². The van der Waals surface area contributed by atoms with E-state index in [1.54, 1.807) is 36.4 Å². The first kappa shape index (κ1) is 17.3. The Morgan fingerprint density at radius 2 is 1.64 bits per heavy atom. The van der Waals surface area contributed by atoms with Crippen molar-refractivity contribution in [3.8, 4) is 0 Å². The van der Waals surface area contributed by atoms with Gasteiger partial charge in [-0.15, -0.1) is 0 Å². The van der Waals surface area contributed by atoms with Gasteiger partial charge in [0.2, 0.25) is 0 Å². The van der Waals surface area contributed by atoms with Crippen molar-refractivity contribution in [3.63, 3.8) is 0 Å². The fraction of sp³-hybridized carbons (Fsp3) is 0.0526. The summed E-state index contributed by atoms with van der Waals surface area (Å²) in [7, 11) is 0. The van der Waals surface area contributed by atoms with Crippen LogP contribution in [0.1, 0.15) is 15.9 Å². The molecule has 1 heterocycles. The predicted octanol–water partition coefficient (Wildman–Crippen LogP) is 4.46. The second-order valence-electron chi connectivity index (χ2n) is 5.45. The summed E-state index contributed by atoms with van der Waals surface area (Å²) < 4.78 is 1.41. The molecule has 2 aromatic carbocycles. The van der Waals surface area contributed by atoms with Crippen molar-refractivity contribution >= 4 is 34.8 Å². The molecule has 1 amide bonds. The van der Waals surface area contributed by atoms with E-state index in [4.69, 9.17) is 23.2 Å². The molecule has 0 saturated carbocycles. The molecule has 0 saturated heterocycles. The van der Waals surface area contributed by atoms with Crippen LogP contribution in [0.3, 0.4) is 0 Å². The van der Waals surface area contributed by atoms with E-state index in [1.807, 2.05) is 18.2 Å². The molecular formula is C19H14Cl2N2O2. The van der Waals surface area contributed by atoms with E-state index in [2.05, 4.69) is 5.32 Å². The molecule has 1 aromatic heterocycles. The fourth-order valence-corrected chi connectivity index (χ4v) is 2.74. The lowest BCUT2D eigenvalue weighted by Crippen LogP contribution is -2.29. The number of hydrogen-bond donors (Lipinski definition) is 1. The Balaban J connectivity index is 1.90. The van der Waals surface area contributed by atoms with Crippen LogP contribution in [0.15, 0.2) is 71.7 Å². The Morgan fingerprint density at radius 1 is 0.960 bits per heavy atom. The number of rotatable bonds is 4. The highest BCUT2D eigenvalue weighted by molar-refractivity contribution is 6.31. The van der Waals surface area contributed by atoms with Gasteiger partial charge in [0.15, 0.2) is 0 Å². The van der Waals surface area contributed by atoms with Gasteiger partial charge in [-0.1, -0.05) is 53.5 Å². The zero-order valence-corrected chi connectivity index (χ0v) is 14.6. The van der Waals surface area contributed by atoms with E-state index in [1.165, 1.54) is 16.8 Å². The van der Waals surface area contributed by atoms with Crippen LogP contribution in [0.4, 0.5) is 5.69 Å². The highest BCUT2D eigenvalue weighted by Crippen LogP contribution is 2.14. The largest absolute Gasteiger partial charge is 0.322 e. The third-order valence-corrected chi connectivity index (χ3v) is 4.05. The van der Waals surface area contributed by atoms with Crippen molar-refractivity contribution in [1.29, 1.82) is 0 Å². The summed E-state index contributed by atoms with van der Waals surface area (Å²) in [6.07, 6.45) is 1.51. The summed E-state index contributed by atoms with van der Waals surface area (Å²) >= 11 is 12.0. The molecule has 6 heteroatoms. The van der Waals surface area contributed by atoms with Crippen LogP contribution in [0, 0.1) is 0 Å². The van der Waals surface area contributed by atoms with Gasteiger partial charge in [0, 0.05) is 16.9 Å². The smallest absolute Gasteiger partial charge is 0.263 e. The van der Waals surface area contributed by atoms with Crippen molar-refractivity contribution in [2.45, 2.75) is 6.54 Å². The van der Waals surface area contributed by atoms with E-state index in [0.717, 1.165) is 5.56 Å². The topological polar surface area (TPSA) is 51.1 Å². The number of halogens is 2. The molecule has 0 atom stereocenters. The van der Waals surface area contributed by atoms with Gasteiger partial charge in [-0.3, -0.25) is 9.59 Å². The molecule has 1 N–H and O–H groups in total. The average Bonchev–Trinajstić information content (AvgIpc) is 2.60. The lowest BCUT2D eigenvalue weighted by Gasteiger charge is -2.10. The van der Waals surface area contributed by atoms with Crippen molar-refractivity contribution in [3.05, 3.63) is 98.4 Å². The van der Waals surface area contributed by atoms with E-state index in [0.29, 0.717) is 22.3 Å². The Labute approximate surface area is 154 Å². The maximum atomic E-state index is 12.6. The van der Waals surface area contributed by atoms with Crippen molar-refractivity contribution in [2.24, 2.45) is 0 Å². The van der Waals surface area contributed by atoms with Crippen molar-refractivity contribution < 1.29 is 4.79 Å². The van der Waals surface area contributed by atoms with Gasteiger partial charge >= 0.3 is 0 Å². The molecule has 0 aliphatic heterocycles. The molecule has 0 aliphatic carbocycles. The SMILES string of the molecule is O=C(Nc1ccccc1)c1cc(Cl)cn(Cc2ccc(Cl)cc2)c1=O. The summed E-state index contributed by atoms with van der Waals surface area (Å²) in [6.45, 7) is 0.294. The first-order chi connectivity index (χ1) is 12.0. The van der Waals surface area contributed by atoms with Crippen LogP contribution < -0.4 is 10.9 Å². The average molecular weight is 373 g/mol. The minimum atomic E-state index is -0.497. The number of benzene rings is 2. The van der Waals surface area contributed by atoms with Crippen molar-refractivity contribution in [1.82, 2.24) is 4.57 Å². The normalized spacial score (nSPS) is 10.5.